The highest BCUT2D eigenvalue weighted by molar-refractivity contribution is 7.98. The molecule has 86 valence electrons. The van der Waals surface area contributed by atoms with Crippen LogP contribution < -0.4 is 5.32 Å². The minimum Gasteiger partial charge on any atom is -0.383 e. The molecule has 0 aliphatic heterocycles. The maximum absolute atomic E-state index is 5.00. The summed E-state index contributed by atoms with van der Waals surface area (Å²) >= 11 is 1.94. The summed E-state index contributed by atoms with van der Waals surface area (Å²) in [4.78, 5) is 0. The van der Waals surface area contributed by atoms with E-state index in [1.807, 2.05) is 11.8 Å². The van der Waals surface area contributed by atoms with E-state index < -0.39 is 0 Å². The standard InChI is InChI=1S/C11H25NOS/c1-10(2)11(5-8-14-4)9-12-6-7-13-3/h10-12H,5-9H2,1-4H3. The molecule has 0 aromatic rings. The third kappa shape index (κ3) is 7.65. The van der Waals surface area contributed by atoms with Crippen LogP contribution >= 0.6 is 11.8 Å². The Balaban J connectivity index is 3.52. The monoisotopic (exact) mass is 219 g/mol. The lowest BCUT2D eigenvalue weighted by Crippen LogP contribution is -2.29. The fourth-order valence-electron chi connectivity index (χ4n) is 1.40. The van der Waals surface area contributed by atoms with Gasteiger partial charge < -0.3 is 10.1 Å². The number of rotatable bonds is 9. The quantitative estimate of drug-likeness (QED) is 0.601. The molecule has 0 bridgehead atoms. The largest absolute Gasteiger partial charge is 0.383 e. The molecular formula is C11H25NOS. The molecule has 0 rings (SSSR count). The molecular weight excluding hydrogens is 194 g/mol. The third-order valence-electron chi connectivity index (χ3n) is 2.53. The molecule has 2 nitrogen and oxygen atoms in total. The van der Waals surface area contributed by atoms with Crippen LogP contribution in [0.15, 0.2) is 0 Å². The van der Waals surface area contributed by atoms with Crippen molar-refractivity contribution in [1.29, 1.82) is 0 Å². The van der Waals surface area contributed by atoms with Crippen LogP contribution in [0.2, 0.25) is 0 Å². The van der Waals surface area contributed by atoms with Crippen LogP contribution in [0.1, 0.15) is 20.3 Å². The molecule has 0 aromatic heterocycles. The van der Waals surface area contributed by atoms with E-state index in [9.17, 15) is 0 Å². The van der Waals surface area contributed by atoms with E-state index in [1.54, 1.807) is 7.11 Å². The lowest BCUT2D eigenvalue weighted by Gasteiger charge is -2.20. The van der Waals surface area contributed by atoms with Gasteiger partial charge in [0.05, 0.1) is 6.61 Å². The Morgan fingerprint density at radius 1 is 1.36 bits per heavy atom. The Kier molecular flexibility index (Phi) is 10.0. The first kappa shape index (κ1) is 14.3. The van der Waals surface area contributed by atoms with Gasteiger partial charge in [-0.05, 0) is 36.8 Å². The van der Waals surface area contributed by atoms with Gasteiger partial charge in [-0.15, -0.1) is 0 Å². The summed E-state index contributed by atoms with van der Waals surface area (Å²) in [5.41, 5.74) is 0. The predicted octanol–water partition coefficient (Wildman–Crippen LogP) is 2.25. The maximum atomic E-state index is 5.00. The molecule has 0 aromatic carbocycles. The van der Waals surface area contributed by atoms with Gasteiger partial charge in [0, 0.05) is 13.7 Å². The molecule has 1 N–H and O–H groups in total. The third-order valence-corrected chi connectivity index (χ3v) is 3.17. The minimum atomic E-state index is 0.775. The zero-order valence-electron chi connectivity index (χ0n) is 10.0. The molecule has 1 atom stereocenters. The fraction of sp³-hybridized carbons (Fsp3) is 1.00. The molecule has 0 aliphatic carbocycles. The first-order chi connectivity index (χ1) is 6.72. The normalized spacial score (nSPS) is 13.5. The SMILES string of the molecule is COCCNCC(CCSC)C(C)C. The van der Waals surface area contributed by atoms with Crippen molar-refractivity contribution in [3.05, 3.63) is 0 Å². The topological polar surface area (TPSA) is 21.3 Å². The van der Waals surface area contributed by atoms with Gasteiger partial charge in [0.15, 0.2) is 0 Å². The summed E-state index contributed by atoms with van der Waals surface area (Å²) < 4.78 is 5.00. The van der Waals surface area contributed by atoms with Crippen molar-refractivity contribution in [3.63, 3.8) is 0 Å². The first-order valence-electron chi connectivity index (χ1n) is 5.41. The molecule has 0 radical (unpaired) electrons. The van der Waals surface area contributed by atoms with Gasteiger partial charge in [-0.1, -0.05) is 13.8 Å². The molecule has 0 aliphatic rings. The second-order valence-corrected chi connectivity index (χ2v) is 4.97. The van der Waals surface area contributed by atoms with E-state index in [0.29, 0.717) is 0 Å². The van der Waals surface area contributed by atoms with Crippen LogP contribution in [0.4, 0.5) is 0 Å². The van der Waals surface area contributed by atoms with Crippen LogP contribution in [0.5, 0.6) is 0 Å². The minimum absolute atomic E-state index is 0.775. The lowest BCUT2D eigenvalue weighted by molar-refractivity contribution is 0.196. The summed E-state index contributed by atoms with van der Waals surface area (Å²) in [6.07, 6.45) is 3.49. The van der Waals surface area contributed by atoms with E-state index in [-0.39, 0.29) is 0 Å². The van der Waals surface area contributed by atoms with Gasteiger partial charge >= 0.3 is 0 Å². The molecule has 1 unspecified atom stereocenters. The second-order valence-electron chi connectivity index (χ2n) is 3.98. The van der Waals surface area contributed by atoms with Gasteiger partial charge in [0.25, 0.3) is 0 Å². The van der Waals surface area contributed by atoms with Crippen LogP contribution in [0.3, 0.4) is 0 Å². The number of ether oxygens (including phenoxy) is 1. The van der Waals surface area contributed by atoms with Crippen molar-refractivity contribution in [1.82, 2.24) is 5.32 Å². The fourth-order valence-corrected chi connectivity index (χ4v) is 1.94. The van der Waals surface area contributed by atoms with Crippen molar-refractivity contribution in [2.75, 3.05) is 38.8 Å². The molecule has 3 heteroatoms. The Morgan fingerprint density at radius 3 is 2.57 bits per heavy atom. The average molecular weight is 219 g/mol. The van der Waals surface area contributed by atoms with Crippen LogP contribution in [0, 0.1) is 11.8 Å². The maximum Gasteiger partial charge on any atom is 0.0587 e. The van der Waals surface area contributed by atoms with Crippen LogP contribution in [-0.2, 0) is 4.74 Å². The predicted molar refractivity (Wildman–Crippen MR) is 66.1 cm³/mol. The highest BCUT2D eigenvalue weighted by Crippen LogP contribution is 2.16. The summed E-state index contributed by atoms with van der Waals surface area (Å²) in [7, 11) is 1.75. The second kappa shape index (κ2) is 9.81. The van der Waals surface area contributed by atoms with Gasteiger partial charge in [-0.25, -0.2) is 0 Å². The Labute approximate surface area is 93.2 Å². The van der Waals surface area contributed by atoms with E-state index in [1.165, 1.54) is 12.2 Å². The summed E-state index contributed by atoms with van der Waals surface area (Å²) in [5, 5.41) is 3.44. The van der Waals surface area contributed by atoms with E-state index in [2.05, 4.69) is 25.4 Å². The Bertz CT molecular complexity index is 120. The Hall–Kier alpha value is 0.270. The van der Waals surface area contributed by atoms with E-state index in [0.717, 1.165) is 31.5 Å². The highest BCUT2D eigenvalue weighted by atomic mass is 32.2. The number of methoxy groups -OCH3 is 1. The number of nitrogens with one attached hydrogen (secondary N) is 1. The Morgan fingerprint density at radius 2 is 2.07 bits per heavy atom. The summed E-state index contributed by atoms with van der Waals surface area (Å²) in [6, 6.07) is 0. The van der Waals surface area contributed by atoms with Gasteiger partial charge in [-0.2, -0.15) is 11.8 Å². The van der Waals surface area contributed by atoms with Gasteiger partial charge in [0.2, 0.25) is 0 Å². The van der Waals surface area contributed by atoms with E-state index >= 15 is 0 Å². The average Bonchev–Trinajstić information content (AvgIpc) is 2.16. The number of hydrogen-bond donors (Lipinski definition) is 1. The van der Waals surface area contributed by atoms with Crippen molar-refractivity contribution >= 4 is 11.8 Å². The molecule has 0 spiro atoms. The number of hydrogen-bond acceptors (Lipinski definition) is 3. The van der Waals surface area contributed by atoms with Crippen LogP contribution in [-0.4, -0.2) is 38.8 Å². The molecule has 0 amide bonds. The van der Waals surface area contributed by atoms with Crippen molar-refractivity contribution in [2.24, 2.45) is 11.8 Å². The van der Waals surface area contributed by atoms with Crippen molar-refractivity contribution in [2.45, 2.75) is 20.3 Å². The van der Waals surface area contributed by atoms with Gasteiger partial charge in [-0.3, -0.25) is 0 Å². The summed E-state index contributed by atoms with van der Waals surface area (Å²) in [5.74, 6) is 2.85. The smallest absolute Gasteiger partial charge is 0.0587 e. The zero-order chi connectivity index (χ0) is 10.8. The molecule has 0 fully saturated rings. The van der Waals surface area contributed by atoms with Crippen molar-refractivity contribution < 1.29 is 4.74 Å². The molecule has 0 saturated carbocycles. The molecule has 0 saturated heterocycles. The lowest BCUT2D eigenvalue weighted by atomic mass is 9.93. The zero-order valence-corrected chi connectivity index (χ0v) is 10.8. The van der Waals surface area contributed by atoms with Gasteiger partial charge in [0.1, 0.15) is 0 Å². The summed E-state index contributed by atoms with van der Waals surface area (Å²) in [6.45, 7) is 7.53. The van der Waals surface area contributed by atoms with Crippen molar-refractivity contribution in [3.8, 4) is 0 Å². The van der Waals surface area contributed by atoms with E-state index in [4.69, 9.17) is 4.74 Å². The molecule has 0 heterocycles. The molecule has 14 heavy (non-hydrogen) atoms. The van der Waals surface area contributed by atoms with Crippen LogP contribution in [0.25, 0.3) is 0 Å². The first-order valence-corrected chi connectivity index (χ1v) is 6.80. The highest BCUT2D eigenvalue weighted by Gasteiger charge is 2.11. The number of thioether (sulfide) groups is 1.